The quantitative estimate of drug-likeness (QED) is 0.170. The fraction of sp³-hybridized carbons (Fsp3) is 0. The average Bonchev–Trinajstić information content (AvgIpc) is 3.85. The molecule has 0 spiro atoms. The number of thiophene rings is 1. The summed E-state index contributed by atoms with van der Waals surface area (Å²) in [5, 5.41) is 14.8. The topological polar surface area (TPSA) is 54.5 Å². The Kier molecular flexibility index (Phi) is 8.03. The van der Waals surface area contributed by atoms with E-state index in [1.165, 1.54) is 42.1 Å². The number of nitrogens with zero attached hydrogens (tertiary/aromatic N) is 4. The van der Waals surface area contributed by atoms with Crippen LogP contribution in [-0.4, -0.2) is 14.5 Å². The monoisotopic (exact) mass is 756 g/mol. The molecule has 0 atom stereocenters. The maximum absolute atomic E-state index is 9.91. The molecule has 0 saturated carbocycles. The molecule has 8 aromatic carbocycles. The van der Waals surface area contributed by atoms with Crippen LogP contribution in [-0.2, 0) is 0 Å². The molecule has 0 fully saturated rings. The summed E-state index contributed by atoms with van der Waals surface area (Å²) < 4.78 is 4.95. The van der Waals surface area contributed by atoms with Crippen molar-refractivity contribution in [3.8, 4) is 67.9 Å². The molecule has 11 aromatic rings. The van der Waals surface area contributed by atoms with Gasteiger partial charge in [-0.1, -0.05) is 140 Å². The highest BCUT2D eigenvalue weighted by molar-refractivity contribution is 7.26. The molecule has 58 heavy (non-hydrogen) atoms. The van der Waals surface area contributed by atoms with E-state index in [2.05, 4.69) is 150 Å². The molecule has 0 unspecified atom stereocenters. The summed E-state index contributed by atoms with van der Waals surface area (Å²) in [7, 11) is 0. The predicted octanol–water partition coefficient (Wildman–Crippen LogP) is 14.1. The van der Waals surface area contributed by atoms with Crippen LogP contribution in [0, 0.1) is 11.3 Å². The molecule has 0 N–H and O–H groups in total. The lowest BCUT2D eigenvalue weighted by Crippen LogP contribution is -1.99. The van der Waals surface area contributed by atoms with Gasteiger partial charge in [-0.15, -0.1) is 11.3 Å². The number of fused-ring (bicyclic) bond motifs is 6. The molecule has 0 radical (unpaired) electrons. The van der Waals surface area contributed by atoms with E-state index in [4.69, 9.17) is 9.97 Å². The first-order valence-electron chi connectivity index (χ1n) is 19.3. The van der Waals surface area contributed by atoms with Crippen LogP contribution in [0.1, 0.15) is 5.56 Å². The largest absolute Gasteiger partial charge is 0.309 e. The number of hydrogen-bond acceptors (Lipinski definition) is 4. The van der Waals surface area contributed by atoms with Crippen LogP contribution in [0.4, 0.5) is 0 Å². The number of para-hydroxylation sites is 1. The molecule has 0 amide bonds. The van der Waals surface area contributed by atoms with Crippen LogP contribution in [0.15, 0.2) is 194 Å². The molecule has 0 aliphatic carbocycles. The maximum atomic E-state index is 9.91. The van der Waals surface area contributed by atoms with E-state index in [1.807, 2.05) is 65.9 Å². The van der Waals surface area contributed by atoms with Gasteiger partial charge in [0.2, 0.25) is 0 Å². The van der Waals surface area contributed by atoms with E-state index in [1.54, 1.807) is 0 Å². The molecule has 0 saturated heterocycles. The molecule has 3 aromatic heterocycles. The van der Waals surface area contributed by atoms with Gasteiger partial charge in [0, 0.05) is 53.3 Å². The Labute approximate surface area is 339 Å². The zero-order valence-electron chi connectivity index (χ0n) is 31.2. The van der Waals surface area contributed by atoms with Gasteiger partial charge in [0.05, 0.1) is 34.1 Å². The second-order valence-electron chi connectivity index (χ2n) is 14.5. The second kappa shape index (κ2) is 13.8. The van der Waals surface area contributed by atoms with Crippen LogP contribution in [0.5, 0.6) is 0 Å². The lowest BCUT2D eigenvalue weighted by atomic mass is 9.99. The highest BCUT2D eigenvalue weighted by Crippen LogP contribution is 2.42. The fourth-order valence-corrected chi connectivity index (χ4v) is 9.52. The van der Waals surface area contributed by atoms with E-state index in [0.29, 0.717) is 11.4 Å². The van der Waals surface area contributed by atoms with Gasteiger partial charge in [-0.2, -0.15) is 5.26 Å². The van der Waals surface area contributed by atoms with Crippen molar-refractivity contribution >= 4 is 53.3 Å². The highest BCUT2D eigenvalue weighted by Gasteiger charge is 2.19. The maximum Gasteiger partial charge on any atom is 0.160 e. The third kappa shape index (κ3) is 5.75. The molecule has 270 valence electrons. The fourth-order valence-electron chi connectivity index (χ4n) is 8.29. The highest BCUT2D eigenvalue weighted by atomic mass is 32.1. The first-order chi connectivity index (χ1) is 28.7. The Balaban J connectivity index is 1.18. The smallest absolute Gasteiger partial charge is 0.160 e. The Morgan fingerprint density at radius 1 is 0.431 bits per heavy atom. The van der Waals surface area contributed by atoms with Gasteiger partial charge < -0.3 is 4.57 Å². The summed E-state index contributed by atoms with van der Waals surface area (Å²) >= 11 is 1.85. The predicted molar refractivity (Wildman–Crippen MR) is 241 cm³/mol. The first kappa shape index (κ1) is 33.7. The lowest BCUT2D eigenvalue weighted by Gasteiger charge is -2.15. The molecule has 3 heterocycles. The lowest BCUT2D eigenvalue weighted by molar-refractivity contribution is 1.16. The Morgan fingerprint density at radius 2 is 1.07 bits per heavy atom. The first-order valence-corrected chi connectivity index (χ1v) is 20.1. The molecule has 0 bridgehead atoms. The van der Waals surface area contributed by atoms with Gasteiger partial charge in [0.15, 0.2) is 5.82 Å². The Bertz CT molecular complexity index is 3350. The zero-order chi connectivity index (χ0) is 38.6. The van der Waals surface area contributed by atoms with E-state index >= 15 is 0 Å². The number of rotatable bonds is 6. The minimum Gasteiger partial charge on any atom is -0.309 e. The minimum absolute atomic E-state index is 0.607. The van der Waals surface area contributed by atoms with Crippen molar-refractivity contribution in [2.24, 2.45) is 0 Å². The average molecular weight is 757 g/mol. The van der Waals surface area contributed by atoms with Gasteiger partial charge in [0.1, 0.15) is 0 Å². The van der Waals surface area contributed by atoms with E-state index in [9.17, 15) is 5.26 Å². The van der Waals surface area contributed by atoms with Crippen molar-refractivity contribution in [2.45, 2.75) is 0 Å². The number of nitriles is 1. The van der Waals surface area contributed by atoms with Crippen molar-refractivity contribution in [2.75, 3.05) is 0 Å². The standard InChI is InChI=1S/C53H32N4S/c54-33-34-13-11-18-37(27-34)39-28-40(53-55-47(35-14-3-1-4-15-35)32-48(56-53)36-16-5-2-6-17-36)30-41(29-39)57-49-23-9-7-19-43(49)44-26-25-38(31-50(44)57)42-21-12-22-46-45-20-8-10-24-51(45)58-52(42)46/h1-32H. The molecule has 0 aliphatic rings. The summed E-state index contributed by atoms with van der Waals surface area (Å²) in [6.07, 6.45) is 0. The van der Waals surface area contributed by atoms with Crippen LogP contribution in [0.25, 0.3) is 104 Å². The van der Waals surface area contributed by atoms with Crippen LogP contribution >= 0.6 is 11.3 Å². The van der Waals surface area contributed by atoms with Gasteiger partial charge in [0.25, 0.3) is 0 Å². The third-order valence-electron chi connectivity index (χ3n) is 11.0. The number of hydrogen-bond donors (Lipinski definition) is 0. The van der Waals surface area contributed by atoms with Gasteiger partial charge in [-0.05, 0) is 76.9 Å². The van der Waals surface area contributed by atoms with Crippen molar-refractivity contribution in [1.29, 1.82) is 5.26 Å². The Morgan fingerprint density at radius 3 is 1.84 bits per heavy atom. The Hall–Kier alpha value is -7.65. The summed E-state index contributed by atoms with van der Waals surface area (Å²) in [6, 6.07) is 70.2. The summed E-state index contributed by atoms with van der Waals surface area (Å²) in [5.41, 5.74) is 12.7. The van der Waals surface area contributed by atoms with Crippen molar-refractivity contribution in [1.82, 2.24) is 14.5 Å². The molecular weight excluding hydrogens is 725 g/mol. The molecule has 11 rings (SSSR count). The molecule has 4 nitrogen and oxygen atoms in total. The summed E-state index contributed by atoms with van der Waals surface area (Å²) in [4.78, 5) is 10.5. The van der Waals surface area contributed by atoms with Gasteiger partial charge >= 0.3 is 0 Å². The second-order valence-corrected chi connectivity index (χ2v) is 15.6. The van der Waals surface area contributed by atoms with Crippen molar-refractivity contribution < 1.29 is 0 Å². The zero-order valence-corrected chi connectivity index (χ0v) is 32.0. The van der Waals surface area contributed by atoms with Crippen molar-refractivity contribution in [3.63, 3.8) is 0 Å². The normalized spacial score (nSPS) is 11.4. The molecular formula is C53H32N4S. The van der Waals surface area contributed by atoms with E-state index < -0.39 is 0 Å². The van der Waals surface area contributed by atoms with Crippen LogP contribution in [0.3, 0.4) is 0 Å². The van der Waals surface area contributed by atoms with Gasteiger partial charge in [-0.3, -0.25) is 0 Å². The van der Waals surface area contributed by atoms with E-state index in [-0.39, 0.29) is 0 Å². The molecule has 0 aliphatic heterocycles. The van der Waals surface area contributed by atoms with Crippen LogP contribution in [0.2, 0.25) is 0 Å². The number of aromatic nitrogens is 3. The van der Waals surface area contributed by atoms with Crippen LogP contribution < -0.4 is 0 Å². The molecule has 5 heteroatoms. The summed E-state index contributed by atoms with van der Waals surface area (Å²) in [5.74, 6) is 0.623. The minimum atomic E-state index is 0.607. The SMILES string of the molecule is N#Cc1cccc(-c2cc(-c3nc(-c4ccccc4)cc(-c4ccccc4)n3)cc(-n3c4ccccc4c4ccc(-c5cccc6c5sc5ccccc56)cc43)c2)c1. The van der Waals surface area contributed by atoms with Gasteiger partial charge in [-0.25, -0.2) is 9.97 Å². The summed E-state index contributed by atoms with van der Waals surface area (Å²) in [6.45, 7) is 0. The third-order valence-corrected chi connectivity index (χ3v) is 12.2. The number of benzene rings is 8. The van der Waals surface area contributed by atoms with Crippen molar-refractivity contribution in [3.05, 3.63) is 200 Å². The van der Waals surface area contributed by atoms with E-state index in [0.717, 1.165) is 55.9 Å².